The highest BCUT2D eigenvalue weighted by atomic mass is 16.5. The Morgan fingerprint density at radius 2 is 2.30 bits per heavy atom. The zero-order chi connectivity index (χ0) is 7.56. The second kappa shape index (κ2) is 3.15. The highest BCUT2D eigenvalue weighted by Crippen LogP contribution is 2.34. The molecule has 2 heteroatoms. The molecule has 0 aliphatic heterocycles. The predicted molar refractivity (Wildman–Crippen MR) is 38.8 cm³/mol. The number of hydrogen-bond donors (Lipinski definition) is 0. The molecule has 0 radical (unpaired) electrons. The van der Waals surface area contributed by atoms with Crippen molar-refractivity contribution in [2.24, 2.45) is 5.92 Å². The summed E-state index contributed by atoms with van der Waals surface area (Å²) < 4.78 is 5.28. The van der Waals surface area contributed by atoms with E-state index < -0.39 is 0 Å². The van der Waals surface area contributed by atoms with E-state index in [0.717, 1.165) is 0 Å². The molecule has 10 heavy (non-hydrogen) atoms. The van der Waals surface area contributed by atoms with Gasteiger partial charge in [0.1, 0.15) is 6.10 Å². The van der Waals surface area contributed by atoms with Gasteiger partial charge in [0.2, 0.25) is 0 Å². The quantitative estimate of drug-likeness (QED) is 0.593. The Kier molecular flexibility index (Phi) is 2.44. The summed E-state index contributed by atoms with van der Waals surface area (Å²) in [5.74, 6) is 0.724. The normalized spacial score (nSPS) is 20.6. The summed E-state index contributed by atoms with van der Waals surface area (Å²) in [6.07, 6.45) is 2.25. The first-order valence-electron chi connectivity index (χ1n) is 3.87. The molecule has 1 atom stereocenters. The third kappa shape index (κ3) is 1.81. The summed E-state index contributed by atoms with van der Waals surface area (Å²) in [6, 6.07) is 0. The van der Waals surface area contributed by atoms with Gasteiger partial charge < -0.3 is 4.74 Å². The van der Waals surface area contributed by atoms with Crippen molar-refractivity contribution >= 4 is 5.78 Å². The van der Waals surface area contributed by atoms with Gasteiger partial charge >= 0.3 is 0 Å². The van der Waals surface area contributed by atoms with Gasteiger partial charge in [0, 0.05) is 6.61 Å². The molecule has 1 fully saturated rings. The van der Waals surface area contributed by atoms with Crippen molar-refractivity contribution in [2.45, 2.75) is 32.8 Å². The largest absolute Gasteiger partial charge is 0.370 e. The Bertz CT molecular complexity index is 127. The molecular formula is C8H14O2. The van der Waals surface area contributed by atoms with Gasteiger partial charge in [-0.25, -0.2) is 0 Å². The van der Waals surface area contributed by atoms with Crippen molar-refractivity contribution in [3.05, 3.63) is 0 Å². The summed E-state index contributed by atoms with van der Waals surface area (Å²) in [5, 5.41) is 0. The van der Waals surface area contributed by atoms with E-state index in [0.29, 0.717) is 12.5 Å². The molecule has 0 heterocycles. The number of carbonyl (C=O) groups is 1. The minimum atomic E-state index is -0.0926. The fourth-order valence-electron chi connectivity index (χ4n) is 1.16. The van der Waals surface area contributed by atoms with E-state index >= 15 is 0 Å². The molecule has 1 rings (SSSR count). The van der Waals surface area contributed by atoms with E-state index in [1.807, 2.05) is 6.92 Å². The average Bonchev–Trinajstić information content (AvgIpc) is 2.63. The van der Waals surface area contributed by atoms with Crippen LogP contribution >= 0.6 is 0 Å². The Balaban J connectivity index is 2.34. The number of ether oxygens (including phenoxy) is 1. The van der Waals surface area contributed by atoms with Gasteiger partial charge in [-0.15, -0.1) is 0 Å². The summed E-state index contributed by atoms with van der Waals surface area (Å²) in [7, 11) is 0. The maximum absolute atomic E-state index is 10.9. The van der Waals surface area contributed by atoms with Crippen LogP contribution < -0.4 is 0 Å². The molecule has 0 amide bonds. The lowest BCUT2D eigenvalue weighted by Gasteiger charge is -2.11. The third-order valence-corrected chi connectivity index (χ3v) is 1.80. The Morgan fingerprint density at radius 1 is 1.70 bits per heavy atom. The SMILES string of the molecule is CCOC(C(C)=O)C1CC1. The van der Waals surface area contributed by atoms with Crippen molar-refractivity contribution in [3.63, 3.8) is 0 Å². The van der Waals surface area contributed by atoms with Crippen molar-refractivity contribution < 1.29 is 9.53 Å². The number of ketones is 1. The van der Waals surface area contributed by atoms with Gasteiger partial charge in [0.05, 0.1) is 0 Å². The molecule has 0 N–H and O–H groups in total. The van der Waals surface area contributed by atoms with Crippen LogP contribution in [0.15, 0.2) is 0 Å². The van der Waals surface area contributed by atoms with E-state index in [1.54, 1.807) is 6.92 Å². The Morgan fingerprint density at radius 3 is 2.60 bits per heavy atom. The van der Waals surface area contributed by atoms with Gasteiger partial charge in [0.25, 0.3) is 0 Å². The van der Waals surface area contributed by atoms with Gasteiger partial charge in [-0.05, 0) is 32.6 Å². The molecule has 0 saturated heterocycles. The molecule has 1 unspecified atom stereocenters. The topological polar surface area (TPSA) is 26.3 Å². The number of carbonyl (C=O) groups excluding carboxylic acids is 1. The third-order valence-electron chi connectivity index (χ3n) is 1.80. The van der Waals surface area contributed by atoms with Crippen LogP contribution in [-0.4, -0.2) is 18.5 Å². The van der Waals surface area contributed by atoms with Crippen LogP contribution in [0.3, 0.4) is 0 Å². The second-order valence-electron chi connectivity index (χ2n) is 2.82. The molecule has 0 bridgehead atoms. The van der Waals surface area contributed by atoms with Crippen molar-refractivity contribution in [1.29, 1.82) is 0 Å². The molecule has 1 aliphatic rings. The molecule has 1 saturated carbocycles. The van der Waals surface area contributed by atoms with Gasteiger partial charge in [-0.2, -0.15) is 0 Å². The Labute approximate surface area is 61.6 Å². The maximum Gasteiger partial charge on any atom is 0.158 e. The van der Waals surface area contributed by atoms with E-state index in [4.69, 9.17) is 4.74 Å². The summed E-state index contributed by atoms with van der Waals surface area (Å²) >= 11 is 0. The van der Waals surface area contributed by atoms with Crippen LogP contribution in [-0.2, 0) is 9.53 Å². The predicted octanol–water partition coefficient (Wildman–Crippen LogP) is 1.39. The number of Topliss-reactive ketones (excluding diaryl/α,β-unsaturated/α-hetero) is 1. The lowest BCUT2D eigenvalue weighted by atomic mass is 10.1. The van der Waals surface area contributed by atoms with Crippen LogP contribution in [0.5, 0.6) is 0 Å². The van der Waals surface area contributed by atoms with Crippen molar-refractivity contribution in [1.82, 2.24) is 0 Å². The van der Waals surface area contributed by atoms with E-state index in [-0.39, 0.29) is 11.9 Å². The second-order valence-corrected chi connectivity index (χ2v) is 2.82. The lowest BCUT2D eigenvalue weighted by Crippen LogP contribution is -2.23. The van der Waals surface area contributed by atoms with E-state index in [1.165, 1.54) is 12.8 Å². The van der Waals surface area contributed by atoms with Crippen molar-refractivity contribution in [3.8, 4) is 0 Å². The first kappa shape index (κ1) is 7.73. The van der Waals surface area contributed by atoms with Gasteiger partial charge in [-0.1, -0.05) is 0 Å². The molecule has 1 aliphatic carbocycles. The maximum atomic E-state index is 10.9. The van der Waals surface area contributed by atoms with Gasteiger partial charge in [0.15, 0.2) is 5.78 Å². The van der Waals surface area contributed by atoms with E-state index in [2.05, 4.69) is 0 Å². The lowest BCUT2D eigenvalue weighted by molar-refractivity contribution is -0.129. The fraction of sp³-hybridized carbons (Fsp3) is 0.875. The zero-order valence-corrected chi connectivity index (χ0v) is 6.59. The Hall–Kier alpha value is -0.370. The smallest absolute Gasteiger partial charge is 0.158 e. The minimum absolute atomic E-state index is 0.0926. The molecular weight excluding hydrogens is 128 g/mol. The summed E-state index contributed by atoms with van der Waals surface area (Å²) in [5.41, 5.74) is 0. The van der Waals surface area contributed by atoms with Crippen LogP contribution in [0, 0.1) is 5.92 Å². The van der Waals surface area contributed by atoms with Crippen LogP contribution in [0.1, 0.15) is 26.7 Å². The monoisotopic (exact) mass is 142 g/mol. The zero-order valence-electron chi connectivity index (χ0n) is 6.59. The standard InChI is InChI=1S/C8H14O2/c1-3-10-8(6(2)9)7-4-5-7/h7-8H,3-5H2,1-2H3. The highest BCUT2D eigenvalue weighted by Gasteiger charge is 2.34. The first-order valence-corrected chi connectivity index (χ1v) is 3.87. The molecule has 0 aromatic carbocycles. The number of hydrogen-bond acceptors (Lipinski definition) is 2. The van der Waals surface area contributed by atoms with Crippen LogP contribution in [0.4, 0.5) is 0 Å². The molecule has 0 aromatic rings. The average molecular weight is 142 g/mol. The minimum Gasteiger partial charge on any atom is -0.370 e. The van der Waals surface area contributed by atoms with Gasteiger partial charge in [-0.3, -0.25) is 4.79 Å². The molecule has 58 valence electrons. The first-order chi connectivity index (χ1) is 4.75. The van der Waals surface area contributed by atoms with Crippen molar-refractivity contribution in [2.75, 3.05) is 6.61 Å². The van der Waals surface area contributed by atoms with E-state index in [9.17, 15) is 4.79 Å². The van der Waals surface area contributed by atoms with Crippen LogP contribution in [0.2, 0.25) is 0 Å². The highest BCUT2D eigenvalue weighted by molar-refractivity contribution is 5.81. The van der Waals surface area contributed by atoms with Crippen LogP contribution in [0.25, 0.3) is 0 Å². The molecule has 2 nitrogen and oxygen atoms in total. The summed E-state index contributed by atoms with van der Waals surface area (Å²) in [6.45, 7) is 4.19. The molecule has 0 spiro atoms. The molecule has 0 aromatic heterocycles. The fourth-order valence-corrected chi connectivity index (χ4v) is 1.16. The number of rotatable bonds is 4. The summed E-state index contributed by atoms with van der Waals surface area (Å²) in [4.78, 5) is 10.9.